The molecule has 7 N–H and O–H groups in total. The molecule has 27 rings (SSSR count). The number of likely N-dealkylation sites (tertiary alicyclic amines) is 2. The first-order chi connectivity index (χ1) is 57.1. The average Bonchev–Trinajstić information content (AvgIpc) is 0.708. The molecule has 22 aliphatic rings. The van der Waals surface area contributed by atoms with Crippen molar-refractivity contribution >= 4 is 52.9 Å². The fourth-order valence-corrected chi connectivity index (χ4v) is 33.3. The number of carbonyl (C=O) groups is 5. The number of aliphatic carboxylic acids is 3. The number of carboxylic acids is 3. The minimum Gasteiger partial charge on any atom is -0.481 e. The lowest BCUT2D eigenvalue weighted by molar-refractivity contribution is -0.198. The number of carbonyl (C=O) groups excluding carboxylic acids is 2. The molecule has 5 aromatic carbocycles. The second-order valence-electron chi connectivity index (χ2n) is 44.5. The summed E-state index contributed by atoms with van der Waals surface area (Å²) in [5.41, 5.74) is 4.39. The number of aliphatic hydroxyl groups is 4. The van der Waals surface area contributed by atoms with E-state index in [0.29, 0.717) is 127 Å². The molecule has 2 saturated heterocycles. The lowest BCUT2D eigenvalue weighted by Gasteiger charge is -2.66. The van der Waals surface area contributed by atoms with Gasteiger partial charge in [0.2, 0.25) is 11.8 Å². The van der Waals surface area contributed by atoms with Gasteiger partial charge >= 0.3 is 17.9 Å². The molecule has 20 aliphatic carbocycles. The molecule has 20 bridgehead atoms. The zero-order chi connectivity index (χ0) is 84.1. The van der Waals surface area contributed by atoms with Crippen LogP contribution in [0, 0.1) is 133 Å². The molecule has 120 heavy (non-hydrogen) atoms. The van der Waals surface area contributed by atoms with Crippen molar-refractivity contribution in [2.45, 2.75) is 267 Å². The van der Waals surface area contributed by atoms with Crippen molar-refractivity contribution in [1.29, 1.82) is 0 Å². The Bertz CT molecular complexity index is 4470. The molecule has 22 fully saturated rings. The van der Waals surface area contributed by atoms with Crippen LogP contribution in [0.1, 0.15) is 241 Å². The SMILES string of the molecule is CC12CC3CC(C1)C(CC(=O)N1CC(O)C1)(c1ccc(F)cc1)C(C3)C2.CC12CC3CC(C1)C(CC(=O)O)(Cc1ccccc1)C(C3)C2.CC12CC3CC(C1)C(CC(=O)O)(Cc1ccccc1Cl)C(C3)C2.O=C(C[C@@]1(c2ccc(F)cc2)C2CC3CC(C2)CC1(O)C3)N1CC(O)C1.O=C(O)CC1(Cc2ccccc2Cl)C2CC3CC1CC(O)(C3)C2. The number of amides is 2. The lowest BCUT2D eigenvalue weighted by Crippen LogP contribution is -2.68. The van der Waals surface area contributed by atoms with E-state index in [2.05, 4.69) is 51.1 Å². The Morgan fingerprint density at radius 2 is 0.700 bits per heavy atom. The Morgan fingerprint density at radius 3 is 1.07 bits per heavy atom. The average molecular weight is 1680 g/mol. The molecule has 14 nitrogen and oxygen atoms in total. The summed E-state index contributed by atoms with van der Waals surface area (Å²) in [7, 11) is 0. The maximum atomic E-state index is 13.6. The fraction of sp³-hybridized carbons (Fsp3) is 0.657. The zero-order valence-electron chi connectivity index (χ0n) is 70.7. The molecule has 0 spiro atoms. The van der Waals surface area contributed by atoms with E-state index in [0.717, 1.165) is 127 Å². The minimum absolute atomic E-state index is 0.000485. The number of rotatable bonds is 18. The molecular weight excluding hydrogens is 1550 g/mol. The quantitative estimate of drug-likeness (QED) is 0.0434. The Balaban J connectivity index is 0.000000103. The van der Waals surface area contributed by atoms with Gasteiger partial charge in [-0.1, -0.05) is 135 Å². The standard InChI is InChI=1S/C22H28FNO2.C21H26FNO3.C20H25ClO2.C20H26O2.C19H23ClO3/c1-21-8-14-6-16(9-21)22(17(7-14)10-21,15-2-4-18(23)5-3-15)11-20(26)24-12-19(25)13-24;22-17-3-1-15(2-4-17)21(10-19(25)23-11-18(24)12-23)16-6-13-5-14(7-16)9-20(21,26)8-13;1-19-8-13-6-15(10-19)20(12-18(22)23,16(7-13)11-19)9-14-4-2-3-5-17(14)21;1-19-9-15-7-16(11-19)20(13-18(21)22,17(8-15)12-19)10-14-5-3-2-4-6-14;20-16-4-2-1-3-13(16)8-19(11-17(21)22)14-5-12-6-15(19)10-18(23,7-12)9-14/h2-5,14,16-17,19,25H,6-13H2,1H3;1-4,13-14,16,18,24,26H,5-12H2;2-5,13,15-16H,6-12H2,1H3,(H,22,23);2-6,15-17H,7-13H2,1H3,(H,21,22);1-4,12,14-15,23H,5-11H2,(H,21,22)/t;13?,14?,16?,20?,21-;;;/m.1.../s1. The molecule has 11 atom stereocenters. The molecule has 0 aromatic heterocycles. The minimum atomic E-state index is -0.890. The van der Waals surface area contributed by atoms with Crippen molar-refractivity contribution in [2.24, 2.45) is 121 Å². The topological polar surface area (TPSA) is 233 Å². The summed E-state index contributed by atoms with van der Waals surface area (Å²) in [5, 5.41) is 72.1. The van der Waals surface area contributed by atoms with Gasteiger partial charge in [-0.05, 0) is 365 Å². The van der Waals surface area contributed by atoms with Crippen molar-refractivity contribution in [2.75, 3.05) is 26.2 Å². The van der Waals surface area contributed by atoms with Gasteiger partial charge in [-0.3, -0.25) is 24.0 Å². The molecule has 2 amide bonds. The van der Waals surface area contributed by atoms with Gasteiger partial charge in [0.1, 0.15) is 11.6 Å². The lowest BCUT2D eigenvalue weighted by atomic mass is 9.39. The first kappa shape index (κ1) is 84.6. The molecule has 18 heteroatoms. The molecule has 2 aliphatic heterocycles. The van der Waals surface area contributed by atoms with Crippen LogP contribution < -0.4 is 0 Å². The Kier molecular flexibility index (Phi) is 22.3. The molecule has 10 unspecified atom stereocenters. The summed E-state index contributed by atoms with van der Waals surface area (Å²) in [4.78, 5) is 64.5. The van der Waals surface area contributed by atoms with Gasteiger partial charge in [0.25, 0.3) is 0 Å². The van der Waals surface area contributed by atoms with Crippen molar-refractivity contribution in [3.05, 3.63) is 177 Å². The van der Waals surface area contributed by atoms with Crippen LogP contribution in [-0.2, 0) is 54.1 Å². The van der Waals surface area contributed by atoms with Gasteiger partial charge in [-0.25, -0.2) is 8.78 Å². The number of β-amino-alcohol motifs (C(OH)–C–C–N with tert-alkyl or cyclic N) is 2. The Labute approximate surface area is 718 Å². The first-order valence-electron chi connectivity index (χ1n) is 46.1. The summed E-state index contributed by atoms with van der Waals surface area (Å²) in [6, 6.07) is 39.8. The van der Waals surface area contributed by atoms with Gasteiger partial charge in [0.05, 0.1) is 42.7 Å². The van der Waals surface area contributed by atoms with Crippen molar-refractivity contribution in [3.8, 4) is 0 Å². The number of benzene rings is 5. The van der Waals surface area contributed by atoms with Gasteiger partial charge in [-0.2, -0.15) is 0 Å². The van der Waals surface area contributed by atoms with Crippen LogP contribution in [0.15, 0.2) is 127 Å². The van der Waals surface area contributed by atoms with E-state index in [-0.39, 0.29) is 70.0 Å². The third-order valence-corrected chi connectivity index (χ3v) is 37.2. The zero-order valence-corrected chi connectivity index (χ0v) is 72.2. The summed E-state index contributed by atoms with van der Waals surface area (Å²) < 4.78 is 27.2. The van der Waals surface area contributed by atoms with Gasteiger partial charge in [-0.15, -0.1) is 0 Å². The second kappa shape index (κ2) is 31.7. The highest BCUT2D eigenvalue weighted by atomic mass is 35.5. The maximum Gasteiger partial charge on any atom is 0.303 e. The van der Waals surface area contributed by atoms with E-state index in [4.69, 9.17) is 23.2 Å². The van der Waals surface area contributed by atoms with E-state index in [1.165, 1.54) is 120 Å². The summed E-state index contributed by atoms with van der Waals surface area (Å²) in [6.45, 7) is 9.01. The van der Waals surface area contributed by atoms with Crippen LogP contribution in [0.2, 0.25) is 10.0 Å². The third kappa shape index (κ3) is 15.6. The number of halogens is 4. The number of hydrogen-bond acceptors (Lipinski definition) is 9. The smallest absolute Gasteiger partial charge is 0.303 e. The fourth-order valence-electron chi connectivity index (χ4n) is 32.9. The normalized spacial score (nSPS) is 41.5. The predicted octanol–water partition coefficient (Wildman–Crippen LogP) is 19.4. The van der Waals surface area contributed by atoms with E-state index >= 15 is 0 Å². The highest BCUT2D eigenvalue weighted by Crippen LogP contribution is 2.73. The molecule has 5 aromatic rings. The monoisotopic (exact) mass is 1680 g/mol. The van der Waals surface area contributed by atoms with Crippen LogP contribution >= 0.6 is 23.2 Å². The van der Waals surface area contributed by atoms with E-state index in [9.17, 15) is 68.5 Å². The van der Waals surface area contributed by atoms with Crippen molar-refractivity contribution in [3.63, 3.8) is 0 Å². The summed E-state index contributed by atoms with van der Waals surface area (Å²) in [6.07, 6.45) is 31.5. The third-order valence-electron chi connectivity index (χ3n) is 36.5. The van der Waals surface area contributed by atoms with Gasteiger partial charge < -0.3 is 45.5 Å². The number of aliphatic hydroxyl groups excluding tert-OH is 2. The number of hydrogen-bond donors (Lipinski definition) is 7. The maximum absolute atomic E-state index is 13.6. The second-order valence-corrected chi connectivity index (χ2v) is 45.3. The first-order valence-corrected chi connectivity index (χ1v) is 46.9. The van der Waals surface area contributed by atoms with Crippen molar-refractivity contribution in [1.82, 2.24) is 9.80 Å². The highest BCUT2D eigenvalue weighted by molar-refractivity contribution is 6.31. The van der Waals surface area contributed by atoms with Crippen molar-refractivity contribution < 1.29 is 68.5 Å². The van der Waals surface area contributed by atoms with Crippen LogP contribution in [0.3, 0.4) is 0 Å². The predicted molar refractivity (Wildman–Crippen MR) is 457 cm³/mol. The molecule has 0 radical (unpaired) electrons. The summed E-state index contributed by atoms with van der Waals surface area (Å²) in [5.74, 6) is 6.04. The van der Waals surface area contributed by atoms with Gasteiger partial charge in [0, 0.05) is 59.9 Å². The molecule has 646 valence electrons. The number of carboxylic acid groups (broad SMARTS) is 3. The highest BCUT2D eigenvalue weighted by Gasteiger charge is 2.69. The Hall–Kier alpha value is -6.27. The Morgan fingerprint density at radius 1 is 0.367 bits per heavy atom. The summed E-state index contributed by atoms with van der Waals surface area (Å²) >= 11 is 12.8. The molecule has 2 heterocycles. The van der Waals surface area contributed by atoms with Crippen LogP contribution in [-0.4, -0.2) is 125 Å². The van der Waals surface area contributed by atoms with Crippen LogP contribution in [0.4, 0.5) is 8.78 Å². The van der Waals surface area contributed by atoms with Crippen LogP contribution in [0.25, 0.3) is 0 Å². The van der Waals surface area contributed by atoms with Crippen LogP contribution in [0.5, 0.6) is 0 Å². The van der Waals surface area contributed by atoms with E-state index < -0.39 is 40.6 Å². The van der Waals surface area contributed by atoms with E-state index in [1.54, 1.807) is 34.1 Å². The largest absolute Gasteiger partial charge is 0.481 e. The molecular formula is C102H128Cl2F2N2O12. The van der Waals surface area contributed by atoms with Gasteiger partial charge in [0.15, 0.2) is 0 Å². The van der Waals surface area contributed by atoms with E-state index in [1.807, 2.05) is 60.7 Å². The molecule has 20 saturated carbocycles. The number of nitrogens with zero attached hydrogens (tertiary/aromatic N) is 2.